The first kappa shape index (κ1) is 14.2. The maximum absolute atomic E-state index is 12.1. The van der Waals surface area contributed by atoms with E-state index in [1.165, 1.54) is 25.7 Å². The minimum Gasteiger partial charge on any atom is -0.409 e. The van der Waals surface area contributed by atoms with Crippen LogP contribution in [-0.4, -0.2) is 22.5 Å². The zero-order valence-corrected chi connectivity index (χ0v) is 11.5. The Kier molecular flexibility index (Phi) is 4.66. The van der Waals surface area contributed by atoms with Gasteiger partial charge in [0.15, 0.2) is 5.84 Å². The quantitative estimate of drug-likeness (QED) is 0.308. The van der Waals surface area contributed by atoms with E-state index in [0.717, 1.165) is 32.1 Å². The number of nitrogens with two attached hydrogens (primary N) is 1. The molecule has 0 spiro atoms. The fourth-order valence-corrected chi connectivity index (χ4v) is 3.48. The highest BCUT2D eigenvalue weighted by molar-refractivity contribution is 5.94. The van der Waals surface area contributed by atoms with Crippen molar-refractivity contribution in [2.45, 2.75) is 69.7 Å². The summed E-state index contributed by atoms with van der Waals surface area (Å²) in [6.07, 6.45) is 10.2. The minimum atomic E-state index is -0.596. The van der Waals surface area contributed by atoms with Crippen LogP contribution in [0.4, 0.5) is 0 Å². The molecule has 0 heterocycles. The molecule has 5 heteroatoms. The maximum atomic E-state index is 12.1. The number of hydrogen-bond donors (Lipinski definition) is 3. The molecule has 0 bridgehead atoms. The summed E-state index contributed by atoms with van der Waals surface area (Å²) < 4.78 is 0. The van der Waals surface area contributed by atoms with Gasteiger partial charge in [0.05, 0.1) is 0 Å². The molecule has 1 amide bonds. The van der Waals surface area contributed by atoms with E-state index in [4.69, 9.17) is 10.9 Å². The lowest BCUT2D eigenvalue weighted by molar-refractivity contribution is -0.122. The van der Waals surface area contributed by atoms with Crippen LogP contribution in [0.3, 0.4) is 0 Å². The van der Waals surface area contributed by atoms with Gasteiger partial charge in [0.2, 0.25) is 5.91 Å². The number of oxime groups is 1. The molecule has 2 fully saturated rings. The molecule has 2 aliphatic rings. The number of nitrogens with one attached hydrogen (secondary N) is 1. The van der Waals surface area contributed by atoms with Gasteiger partial charge in [-0.3, -0.25) is 4.79 Å². The number of hydrogen-bond acceptors (Lipinski definition) is 3. The highest BCUT2D eigenvalue weighted by atomic mass is 16.4. The SMILES string of the molecule is N/C(=N/O)C1(NC(=O)CCC2CCCC2)CCCC1. The molecule has 2 aliphatic carbocycles. The third-order valence-corrected chi connectivity index (χ3v) is 4.69. The molecule has 2 rings (SSSR count). The van der Waals surface area contributed by atoms with Crippen LogP contribution in [0.15, 0.2) is 5.16 Å². The number of amidine groups is 1. The number of nitrogens with zero attached hydrogens (tertiary/aromatic N) is 1. The van der Waals surface area contributed by atoms with Crippen molar-refractivity contribution in [3.63, 3.8) is 0 Å². The summed E-state index contributed by atoms with van der Waals surface area (Å²) in [4.78, 5) is 12.1. The van der Waals surface area contributed by atoms with Crippen molar-refractivity contribution in [3.05, 3.63) is 0 Å². The fourth-order valence-electron chi connectivity index (χ4n) is 3.48. The second-order valence-corrected chi connectivity index (χ2v) is 6.01. The molecule has 0 aromatic rings. The van der Waals surface area contributed by atoms with E-state index in [2.05, 4.69) is 10.5 Å². The van der Waals surface area contributed by atoms with Gasteiger partial charge in [-0.2, -0.15) is 0 Å². The third kappa shape index (κ3) is 3.39. The molecule has 0 aromatic heterocycles. The zero-order chi connectivity index (χ0) is 13.7. The molecule has 0 radical (unpaired) electrons. The monoisotopic (exact) mass is 267 g/mol. The van der Waals surface area contributed by atoms with Crippen LogP contribution in [-0.2, 0) is 4.79 Å². The van der Waals surface area contributed by atoms with Crippen molar-refractivity contribution < 1.29 is 10.0 Å². The van der Waals surface area contributed by atoms with Crippen molar-refractivity contribution in [2.24, 2.45) is 16.8 Å². The van der Waals surface area contributed by atoms with E-state index in [1.54, 1.807) is 0 Å². The molecule has 4 N–H and O–H groups in total. The zero-order valence-electron chi connectivity index (χ0n) is 11.5. The lowest BCUT2D eigenvalue weighted by atomic mass is 9.95. The molecular formula is C14H25N3O2. The summed E-state index contributed by atoms with van der Waals surface area (Å²) in [5.74, 6) is 0.911. The first-order chi connectivity index (χ1) is 9.16. The van der Waals surface area contributed by atoms with Gasteiger partial charge in [0.25, 0.3) is 0 Å². The van der Waals surface area contributed by atoms with Crippen LogP contribution >= 0.6 is 0 Å². The van der Waals surface area contributed by atoms with E-state index >= 15 is 0 Å². The summed E-state index contributed by atoms with van der Waals surface area (Å²) in [6.45, 7) is 0. The second-order valence-electron chi connectivity index (χ2n) is 6.01. The van der Waals surface area contributed by atoms with Crippen molar-refractivity contribution >= 4 is 11.7 Å². The Morgan fingerprint density at radius 1 is 1.26 bits per heavy atom. The van der Waals surface area contributed by atoms with Crippen LogP contribution in [0.25, 0.3) is 0 Å². The van der Waals surface area contributed by atoms with Gasteiger partial charge in [0, 0.05) is 6.42 Å². The first-order valence-electron chi connectivity index (χ1n) is 7.45. The largest absolute Gasteiger partial charge is 0.409 e. The van der Waals surface area contributed by atoms with Crippen LogP contribution < -0.4 is 11.1 Å². The van der Waals surface area contributed by atoms with Gasteiger partial charge in [-0.25, -0.2) is 0 Å². The molecule has 0 aliphatic heterocycles. The Labute approximate surface area is 114 Å². The van der Waals surface area contributed by atoms with Crippen LogP contribution in [0.1, 0.15) is 64.2 Å². The topological polar surface area (TPSA) is 87.7 Å². The number of amides is 1. The predicted octanol–water partition coefficient (Wildman–Crippen LogP) is 2.13. The maximum Gasteiger partial charge on any atom is 0.220 e. The summed E-state index contributed by atoms with van der Waals surface area (Å²) in [7, 11) is 0. The highest BCUT2D eigenvalue weighted by Crippen LogP contribution is 2.31. The van der Waals surface area contributed by atoms with E-state index in [1.807, 2.05) is 0 Å². The summed E-state index contributed by atoms with van der Waals surface area (Å²) in [5, 5.41) is 15.0. The standard InChI is InChI=1S/C14H25N3O2/c15-13(17-19)14(9-3-4-10-14)16-12(18)8-7-11-5-1-2-6-11/h11,19H,1-10H2,(H2,15,17)(H,16,18). The van der Waals surface area contributed by atoms with Gasteiger partial charge in [0.1, 0.15) is 5.54 Å². The second kappa shape index (κ2) is 6.26. The molecule has 0 atom stereocenters. The molecule has 2 saturated carbocycles. The highest BCUT2D eigenvalue weighted by Gasteiger charge is 2.39. The smallest absolute Gasteiger partial charge is 0.220 e. The van der Waals surface area contributed by atoms with Crippen LogP contribution in [0, 0.1) is 5.92 Å². The summed E-state index contributed by atoms with van der Waals surface area (Å²) >= 11 is 0. The van der Waals surface area contributed by atoms with Crippen molar-refractivity contribution in [3.8, 4) is 0 Å². The minimum absolute atomic E-state index is 0.0420. The molecule has 0 aromatic carbocycles. The Balaban J connectivity index is 1.85. The van der Waals surface area contributed by atoms with Crippen molar-refractivity contribution in [1.29, 1.82) is 0 Å². The molecule has 19 heavy (non-hydrogen) atoms. The van der Waals surface area contributed by atoms with Crippen LogP contribution in [0.2, 0.25) is 0 Å². The van der Waals surface area contributed by atoms with E-state index in [9.17, 15) is 4.79 Å². The average Bonchev–Trinajstić information content (AvgIpc) is 3.07. The third-order valence-electron chi connectivity index (χ3n) is 4.69. The van der Waals surface area contributed by atoms with Crippen molar-refractivity contribution in [1.82, 2.24) is 5.32 Å². The normalized spacial score (nSPS) is 23.7. The Morgan fingerprint density at radius 2 is 1.89 bits per heavy atom. The average molecular weight is 267 g/mol. The number of carbonyl (C=O) groups excluding carboxylic acids is 1. The van der Waals surface area contributed by atoms with Gasteiger partial charge in [-0.05, 0) is 25.2 Å². The van der Waals surface area contributed by atoms with E-state index in [-0.39, 0.29) is 11.7 Å². The Morgan fingerprint density at radius 3 is 2.47 bits per heavy atom. The molecule has 5 nitrogen and oxygen atoms in total. The van der Waals surface area contributed by atoms with Crippen LogP contribution in [0.5, 0.6) is 0 Å². The predicted molar refractivity (Wildman–Crippen MR) is 73.9 cm³/mol. The Hall–Kier alpha value is -1.26. The summed E-state index contributed by atoms with van der Waals surface area (Å²) in [5.41, 5.74) is 5.17. The Bertz CT molecular complexity index is 343. The van der Waals surface area contributed by atoms with E-state index in [0.29, 0.717) is 12.3 Å². The van der Waals surface area contributed by atoms with Gasteiger partial charge < -0.3 is 16.3 Å². The fraction of sp³-hybridized carbons (Fsp3) is 0.857. The van der Waals surface area contributed by atoms with Crippen molar-refractivity contribution in [2.75, 3.05) is 0 Å². The number of carbonyl (C=O) groups is 1. The number of rotatable bonds is 5. The van der Waals surface area contributed by atoms with Gasteiger partial charge in [-0.1, -0.05) is 43.7 Å². The molecule has 0 unspecified atom stereocenters. The molecule has 108 valence electrons. The molecule has 0 saturated heterocycles. The first-order valence-corrected chi connectivity index (χ1v) is 7.45. The molecular weight excluding hydrogens is 242 g/mol. The lowest BCUT2D eigenvalue weighted by Gasteiger charge is -2.29. The van der Waals surface area contributed by atoms with Gasteiger partial charge >= 0.3 is 0 Å². The van der Waals surface area contributed by atoms with Gasteiger partial charge in [-0.15, -0.1) is 0 Å². The summed E-state index contributed by atoms with van der Waals surface area (Å²) in [6, 6.07) is 0. The van der Waals surface area contributed by atoms with E-state index < -0.39 is 5.54 Å². The lowest BCUT2D eigenvalue weighted by Crippen LogP contribution is -2.55.